The van der Waals surface area contributed by atoms with E-state index in [-0.39, 0.29) is 23.9 Å². The van der Waals surface area contributed by atoms with E-state index in [1.165, 1.54) is 0 Å². The quantitative estimate of drug-likeness (QED) is 0.274. The molecular formula is C12H23N3O3. The van der Waals surface area contributed by atoms with E-state index < -0.39 is 0 Å². The molecule has 1 heterocycles. The summed E-state index contributed by atoms with van der Waals surface area (Å²) in [6.45, 7) is 2.77. The second-order valence-corrected chi connectivity index (χ2v) is 4.64. The van der Waals surface area contributed by atoms with Gasteiger partial charge < -0.3 is 21.0 Å². The van der Waals surface area contributed by atoms with Crippen LogP contribution in [-0.2, 0) is 9.53 Å². The lowest BCUT2D eigenvalue weighted by Gasteiger charge is -2.16. The average molecular weight is 257 g/mol. The van der Waals surface area contributed by atoms with Crippen LogP contribution in [0, 0.1) is 0 Å². The lowest BCUT2D eigenvalue weighted by atomic mass is 10.1. The molecule has 0 radical (unpaired) electrons. The van der Waals surface area contributed by atoms with Crippen LogP contribution in [0.15, 0.2) is 5.16 Å². The van der Waals surface area contributed by atoms with Crippen LogP contribution in [0.25, 0.3) is 0 Å². The zero-order valence-electron chi connectivity index (χ0n) is 10.9. The largest absolute Gasteiger partial charge is 0.409 e. The number of carbonyl (C=O) groups is 1. The molecule has 0 saturated carbocycles. The first-order chi connectivity index (χ1) is 8.65. The molecular weight excluding hydrogens is 234 g/mol. The number of hydrogen-bond donors (Lipinski definition) is 3. The van der Waals surface area contributed by atoms with E-state index in [0.29, 0.717) is 12.8 Å². The summed E-state index contributed by atoms with van der Waals surface area (Å²) in [6.07, 6.45) is 4.74. The summed E-state index contributed by atoms with van der Waals surface area (Å²) in [7, 11) is 0. The molecule has 1 aliphatic rings. The predicted octanol–water partition coefficient (Wildman–Crippen LogP) is 0.977. The van der Waals surface area contributed by atoms with Crippen molar-refractivity contribution in [3.05, 3.63) is 0 Å². The summed E-state index contributed by atoms with van der Waals surface area (Å²) < 4.78 is 5.46. The van der Waals surface area contributed by atoms with Crippen molar-refractivity contribution in [1.82, 2.24) is 5.32 Å². The van der Waals surface area contributed by atoms with E-state index in [4.69, 9.17) is 15.7 Å². The predicted molar refractivity (Wildman–Crippen MR) is 68.5 cm³/mol. The summed E-state index contributed by atoms with van der Waals surface area (Å²) in [5, 5.41) is 14.3. The monoisotopic (exact) mass is 257 g/mol. The molecule has 0 spiro atoms. The number of ether oxygens (including phenoxy) is 1. The van der Waals surface area contributed by atoms with Crippen LogP contribution in [0.3, 0.4) is 0 Å². The van der Waals surface area contributed by atoms with Gasteiger partial charge in [0.2, 0.25) is 5.91 Å². The maximum Gasteiger partial charge on any atom is 0.220 e. The van der Waals surface area contributed by atoms with Crippen molar-refractivity contribution in [3.8, 4) is 0 Å². The van der Waals surface area contributed by atoms with E-state index in [1.54, 1.807) is 0 Å². The van der Waals surface area contributed by atoms with E-state index in [0.717, 1.165) is 32.3 Å². The normalized spacial score (nSPS) is 21.8. The van der Waals surface area contributed by atoms with Crippen LogP contribution < -0.4 is 11.1 Å². The van der Waals surface area contributed by atoms with Crippen LogP contribution in [0.4, 0.5) is 0 Å². The highest BCUT2D eigenvalue weighted by Gasteiger charge is 2.18. The van der Waals surface area contributed by atoms with Crippen LogP contribution in [0.2, 0.25) is 0 Å². The Morgan fingerprint density at radius 1 is 1.67 bits per heavy atom. The highest BCUT2D eigenvalue weighted by atomic mass is 16.5. The molecule has 0 aromatic carbocycles. The molecule has 104 valence electrons. The second-order valence-electron chi connectivity index (χ2n) is 4.64. The Kier molecular flexibility index (Phi) is 6.49. The molecule has 18 heavy (non-hydrogen) atoms. The van der Waals surface area contributed by atoms with Crippen molar-refractivity contribution in [2.24, 2.45) is 10.9 Å². The summed E-state index contributed by atoms with van der Waals surface area (Å²) in [6, 6.07) is -0.0714. The van der Waals surface area contributed by atoms with Crippen molar-refractivity contribution < 1.29 is 14.7 Å². The minimum absolute atomic E-state index is 0.00286. The number of carbonyl (C=O) groups excluding carboxylic acids is 1. The van der Waals surface area contributed by atoms with Gasteiger partial charge in [-0.3, -0.25) is 4.79 Å². The van der Waals surface area contributed by atoms with E-state index in [2.05, 4.69) is 10.5 Å². The fraction of sp³-hybridized carbons (Fsp3) is 0.833. The summed E-state index contributed by atoms with van der Waals surface area (Å²) in [5.74, 6) is 0.143. The standard InChI is InChI=1S/C12H23N3O3/c1-2-9(8-11(13)15-17)14-12(16)6-5-10-4-3-7-18-10/h9-10,17H,2-8H2,1H3,(H2,13,15)(H,14,16). The molecule has 1 amide bonds. The molecule has 1 aliphatic heterocycles. The highest BCUT2D eigenvalue weighted by molar-refractivity contribution is 5.82. The van der Waals surface area contributed by atoms with Crippen LogP contribution in [0.1, 0.15) is 45.4 Å². The average Bonchev–Trinajstić information content (AvgIpc) is 2.88. The fourth-order valence-corrected chi connectivity index (χ4v) is 2.05. The van der Waals surface area contributed by atoms with Gasteiger partial charge in [0.25, 0.3) is 0 Å². The first-order valence-corrected chi connectivity index (χ1v) is 6.53. The Morgan fingerprint density at radius 3 is 3.00 bits per heavy atom. The maximum absolute atomic E-state index is 11.7. The Labute approximate surface area is 108 Å². The number of rotatable bonds is 7. The molecule has 0 aromatic heterocycles. The smallest absolute Gasteiger partial charge is 0.220 e. The van der Waals surface area contributed by atoms with Gasteiger partial charge in [0.15, 0.2) is 0 Å². The number of oxime groups is 1. The zero-order chi connectivity index (χ0) is 13.4. The van der Waals surface area contributed by atoms with Crippen LogP contribution in [-0.4, -0.2) is 35.7 Å². The van der Waals surface area contributed by atoms with Gasteiger partial charge in [0.1, 0.15) is 5.84 Å². The highest BCUT2D eigenvalue weighted by Crippen LogP contribution is 2.16. The minimum atomic E-state index is -0.0714. The van der Waals surface area contributed by atoms with Gasteiger partial charge >= 0.3 is 0 Å². The van der Waals surface area contributed by atoms with Crippen molar-refractivity contribution in [1.29, 1.82) is 0 Å². The van der Waals surface area contributed by atoms with Gasteiger partial charge in [-0.25, -0.2) is 0 Å². The number of amidine groups is 1. The van der Waals surface area contributed by atoms with Crippen LogP contribution in [0.5, 0.6) is 0 Å². The molecule has 6 heteroatoms. The summed E-state index contributed by atoms with van der Waals surface area (Å²) >= 11 is 0. The van der Waals surface area contributed by atoms with Gasteiger partial charge in [0, 0.05) is 25.5 Å². The van der Waals surface area contributed by atoms with Gasteiger partial charge in [-0.05, 0) is 25.7 Å². The fourth-order valence-electron chi connectivity index (χ4n) is 2.05. The SMILES string of the molecule is CCC(CC(N)=NO)NC(=O)CCC1CCCO1. The molecule has 1 rings (SSSR count). The lowest BCUT2D eigenvalue weighted by molar-refractivity contribution is -0.122. The van der Waals surface area contributed by atoms with Gasteiger partial charge in [-0.2, -0.15) is 0 Å². The molecule has 2 unspecified atom stereocenters. The maximum atomic E-state index is 11.7. The third kappa shape index (κ3) is 5.35. The third-order valence-electron chi connectivity index (χ3n) is 3.16. The Balaban J connectivity index is 2.23. The Bertz CT molecular complexity index is 288. The van der Waals surface area contributed by atoms with E-state index in [1.807, 2.05) is 6.92 Å². The third-order valence-corrected chi connectivity index (χ3v) is 3.16. The molecule has 2 atom stereocenters. The van der Waals surface area contributed by atoms with Crippen molar-refractivity contribution in [3.63, 3.8) is 0 Å². The van der Waals surface area contributed by atoms with Crippen molar-refractivity contribution in [2.45, 2.75) is 57.6 Å². The summed E-state index contributed by atoms with van der Waals surface area (Å²) in [4.78, 5) is 11.7. The number of nitrogens with one attached hydrogen (secondary N) is 1. The van der Waals surface area contributed by atoms with Gasteiger partial charge in [-0.15, -0.1) is 0 Å². The van der Waals surface area contributed by atoms with Crippen LogP contribution >= 0.6 is 0 Å². The van der Waals surface area contributed by atoms with E-state index in [9.17, 15) is 4.79 Å². The second kappa shape index (κ2) is 7.92. The first-order valence-electron chi connectivity index (χ1n) is 6.53. The topological polar surface area (TPSA) is 96.9 Å². The molecule has 0 aliphatic carbocycles. The number of nitrogens with zero attached hydrogens (tertiary/aromatic N) is 1. The number of nitrogens with two attached hydrogens (primary N) is 1. The van der Waals surface area contributed by atoms with E-state index >= 15 is 0 Å². The Morgan fingerprint density at radius 2 is 2.44 bits per heavy atom. The molecule has 1 fully saturated rings. The number of amides is 1. The summed E-state index contributed by atoms with van der Waals surface area (Å²) in [5.41, 5.74) is 5.43. The molecule has 1 saturated heterocycles. The molecule has 6 nitrogen and oxygen atoms in total. The lowest BCUT2D eigenvalue weighted by Crippen LogP contribution is -2.37. The molecule has 0 aromatic rings. The minimum Gasteiger partial charge on any atom is -0.409 e. The Hall–Kier alpha value is -1.30. The molecule has 4 N–H and O–H groups in total. The van der Waals surface area contributed by atoms with Gasteiger partial charge in [0.05, 0.1) is 6.10 Å². The van der Waals surface area contributed by atoms with Crippen molar-refractivity contribution >= 4 is 11.7 Å². The molecule has 0 bridgehead atoms. The number of hydrogen-bond acceptors (Lipinski definition) is 4. The van der Waals surface area contributed by atoms with Crippen molar-refractivity contribution in [2.75, 3.05) is 6.61 Å². The zero-order valence-corrected chi connectivity index (χ0v) is 10.9. The van der Waals surface area contributed by atoms with Gasteiger partial charge in [-0.1, -0.05) is 12.1 Å². The first kappa shape index (κ1) is 14.8.